The van der Waals surface area contributed by atoms with Gasteiger partial charge in [0.05, 0.1) is 12.3 Å². The zero-order valence-corrected chi connectivity index (χ0v) is 23.7. The van der Waals surface area contributed by atoms with Gasteiger partial charge in [-0.25, -0.2) is 9.78 Å². The van der Waals surface area contributed by atoms with Crippen LogP contribution in [0.2, 0.25) is 0 Å². The molecule has 218 valence electrons. The highest BCUT2D eigenvalue weighted by atomic mass is 16.5. The predicted molar refractivity (Wildman–Crippen MR) is 165 cm³/mol. The zero-order valence-electron chi connectivity index (χ0n) is 23.7. The maximum atomic E-state index is 13.1. The van der Waals surface area contributed by atoms with Crippen LogP contribution in [0.15, 0.2) is 114 Å². The van der Waals surface area contributed by atoms with Crippen molar-refractivity contribution in [2.24, 2.45) is 0 Å². The molecule has 1 aromatic heterocycles. The number of ketones is 1. The number of aromatic nitrogens is 1. The molecule has 1 unspecified atom stereocenters. The highest BCUT2D eigenvalue weighted by Crippen LogP contribution is 2.23. The second-order valence-corrected chi connectivity index (χ2v) is 9.61. The van der Waals surface area contributed by atoms with E-state index >= 15 is 0 Å². The van der Waals surface area contributed by atoms with Gasteiger partial charge in [-0.3, -0.25) is 4.79 Å². The molecular weight excluding hydrogens is 544 g/mol. The molecule has 0 saturated heterocycles. The maximum Gasteiger partial charge on any atom is 0.326 e. The Morgan fingerprint density at radius 2 is 1.51 bits per heavy atom. The van der Waals surface area contributed by atoms with Crippen LogP contribution in [0.5, 0.6) is 5.75 Å². The molecule has 0 spiro atoms. The summed E-state index contributed by atoms with van der Waals surface area (Å²) in [6.07, 6.45) is 0.819. The van der Waals surface area contributed by atoms with Gasteiger partial charge < -0.3 is 24.4 Å². The summed E-state index contributed by atoms with van der Waals surface area (Å²) >= 11 is 0. The number of rotatable bonds is 12. The van der Waals surface area contributed by atoms with Crippen LogP contribution in [0.25, 0.3) is 11.5 Å². The normalized spacial score (nSPS) is 11.1. The van der Waals surface area contributed by atoms with Gasteiger partial charge in [-0.2, -0.15) is 0 Å². The van der Waals surface area contributed by atoms with Gasteiger partial charge in [0.25, 0.3) is 0 Å². The minimum Gasteiger partial charge on any atom is -0.493 e. The Balaban J connectivity index is 0.00000207. The third kappa shape index (κ3) is 8.04. The van der Waals surface area contributed by atoms with E-state index in [4.69, 9.17) is 13.9 Å². The van der Waals surface area contributed by atoms with Crippen LogP contribution in [0.3, 0.4) is 0 Å². The van der Waals surface area contributed by atoms with Crippen molar-refractivity contribution in [3.63, 3.8) is 0 Å². The molecule has 5 aromatic rings. The average molecular weight is 577 g/mol. The highest BCUT2D eigenvalue weighted by Gasteiger charge is 2.21. The number of ether oxygens (including phenoxy) is 1. The molecular formula is C35H32N2O6. The predicted octanol–water partition coefficient (Wildman–Crippen LogP) is 6.43. The van der Waals surface area contributed by atoms with Crippen LogP contribution in [-0.4, -0.2) is 41.3 Å². The van der Waals surface area contributed by atoms with Crippen molar-refractivity contribution < 1.29 is 28.6 Å². The number of aryl methyl sites for hydroxylation is 1. The van der Waals surface area contributed by atoms with Crippen LogP contribution < -0.4 is 10.1 Å². The number of carboxylic acids is 1. The topological polar surface area (TPSA) is 119 Å². The first-order valence-corrected chi connectivity index (χ1v) is 13.7. The average Bonchev–Trinajstić information content (AvgIpc) is 3.43. The maximum absolute atomic E-state index is 13.1. The number of nitrogens with one attached hydrogen (secondary N) is 1. The summed E-state index contributed by atoms with van der Waals surface area (Å²) < 4.78 is 11.7. The Morgan fingerprint density at radius 1 is 0.884 bits per heavy atom. The molecule has 0 radical (unpaired) electrons. The summed E-state index contributed by atoms with van der Waals surface area (Å²) in [7, 11) is 0. The Morgan fingerprint density at radius 3 is 2.19 bits per heavy atom. The Bertz CT molecular complexity index is 1630. The van der Waals surface area contributed by atoms with Crippen molar-refractivity contribution in [3.8, 4) is 17.2 Å². The van der Waals surface area contributed by atoms with Crippen LogP contribution in [0, 0.1) is 6.92 Å². The Hall–Kier alpha value is -5.50. The number of carbonyl (C=O) groups is 3. The molecule has 1 heterocycles. The van der Waals surface area contributed by atoms with E-state index < -0.39 is 12.0 Å². The minimum atomic E-state index is -1.01. The number of hydrogen-bond donors (Lipinski definition) is 2. The number of aliphatic carboxylic acids is 1. The van der Waals surface area contributed by atoms with E-state index in [0.717, 1.165) is 22.6 Å². The van der Waals surface area contributed by atoms with Crippen LogP contribution in [0.4, 0.5) is 5.69 Å². The fourth-order valence-electron chi connectivity index (χ4n) is 4.53. The summed E-state index contributed by atoms with van der Waals surface area (Å²) in [4.78, 5) is 37.8. The SMILES string of the molecule is C=O.Cc1oc(-c2ccccc2)nc1CCOc1ccc(CC(Nc2ccccc2C(=O)c2ccccc2)C(=O)O)cc1. The minimum absolute atomic E-state index is 0.170. The molecule has 5 rings (SSSR count). The van der Waals surface area contributed by atoms with Crippen molar-refractivity contribution in [2.75, 3.05) is 11.9 Å². The largest absolute Gasteiger partial charge is 0.493 e. The molecule has 0 aliphatic rings. The van der Waals surface area contributed by atoms with Crippen molar-refractivity contribution >= 4 is 24.2 Å². The Kier molecular flexibility index (Phi) is 10.6. The molecule has 2 N–H and O–H groups in total. The zero-order chi connectivity index (χ0) is 30.6. The van der Waals surface area contributed by atoms with Gasteiger partial charge in [0.1, 0.15) is 24.3 Å². The third-order valence-electron chi connectivity index (χ3n) is 6.72. The van der Waals surface area contributed by atoms with Crippen molar-refractivity contribution in [3.05, 3.63) is 137 Å². The van der Waals surface area contributed by atoms with E-state index in [-0.39, 0.29) is 12.2 Å². The molecule has 4 aromatic carbocycles. The summed E-state index contributed by atoms with van der Waals surface area (Å²) in [6, 6.07) is 32.1. The summed E-state index contributed by atoms with van der Waals surface area (Å²) in [5.74, 6) is 0.858. The van der Waals surface area contributed by atoms with Gasteiger partial charge in [-0.15, -0.1) is 0 Å². The number of benzene rings is 4. The number of hydrogen-bond acceptors (Lipinski definition) is 7. The van der Waals surface area contributed by atoms with Gasteiger partial charge in [-0.1, -0.05) is 72.8 Å². The molecule has 0 saturated carbocycles. The quantitative estimate of drug-likeness (QED) is 0.163. The van der Waals surface area contributed by atoms with E-state index in [9.17, 15) is 14.7 Å². The van der Waals surface area contributed by atoms with E-state index in [1.165, 1.54) is 0 Å². The second-order valence-electron chi connectivity index (χ2n) is 9.61. The lowest BCUT2D eigenvalue weighted by atomic mass is 10.00. The molecule has 0 bridgehead atoms. The van der Waals surface area contributed by atoms with E-state index in [2.05, 4.69) is 10.3 Å². The van der Waals surface area contributed by atoms with Crippen molar-refractivity contribution in [1.82, 2.24) is 4.98 Å². The lowest BCUT2D eigenvalue weighted by Gasteiger charge is -2.18. The highest BCUT2D eigenvalue weighted by molar-refractivity contribution is 6.12. The van der Waals surface area contributed by atoms with Gasteiger partial charge in [0, 0.05) is 35.2 Å². The number of oxazole rings is 1. The summed E-state index contributed by atoms with van der Waals surface area (Å²) in [5.41, 5.74) is 4.04. The van der Waals surface area contributed by atoms with Gasteiger partial charge in [-0.05, 0) is 48.9 Å². The standard InChI is InChI=1S/C34H30N2O5.CH2O/c1-23-29(36-33(41-23)26-12-6-3-7-13-26)20-21-40-27-18-16-24(17-19-27)22-31(34(38)39)35-30-15-9-8-14-28(30)32(37)25-10-4-2-5-11-25;1-2/h2-19,31,35H,20-22H2,1H3,(H,38,39);1H2. The molecule has 43 heavy (non-hydrogen) atoms. The number of nitrogens with zero attached hydrogens (tertiary/aromatic N) is 1. The van der Waals surface area contributed by atoms with E-state index in [1.807, 2.05) is 74.4 Å². The monoisotopic (exact) mass is 576 g/mol. The lowest BCUT2D eigenvalue weighted by Crippen LogP contribution is -2.32. The van der Waals surface area contributed by atoms with Crippen LogP contribution in [-0.2, 0) is 22.4 Å². The van der Waals surface area contributed by atoms with E-state index in [1.54, 1.807) is 48.5 Å². The smallest absolute Gasteiger partial charge is 0.326 e. The summed E-state index contributed by atoms with van der Waals surface area (Å²) in [6.45, 7) is 4.32. The third-order valence-corrected chi connectivity index (χ3v) is 6.72. The molecule has 0 aliphatic heterocycles. The van der Waals surface area contributed by atoms with Crippen molar-refractivity contribution in [1.29, 1.82) is 0 Å². The fraction of sp³-hybridized carbons (Fsp3) is 0.143. The van der Waals surface area contributed by atoms with Crippen molar-refractivity contribution in [2.45, 2.75) is 25.8 Å². The first kappa shape index (κ1) is 30.5. The van der Waals surface area contributed by atoms with Crippen LogP contribution >= 0.6 is 0 Å². The first-order valence-electron chi connectivity index (χ1n) is 13.7. The molecule has 0 aliphatic carbocycles. The molecule has 0 fully saturated rings. The van der Waals surface area contributed by atoms with Crippen LogP contribution in [0.1, 0.15) is 32.9 Å². The molecule has 8 nitrogen and oxygen atoms in total. The summed E-state index contributed by atoms with van der Waals surface area (Å²) in [5, 5.41) is 13.0. The lowest BCUT2D eigenvalue weighted by molar-refractivity contribution is -0.137. The van der Waals surface area contributed by atoms with Gasteiger partial charge >= 0.3 is 5.97 Å². The molecule has 0 amide bonds. The fourth-order valence-corrected chi connectivity index (χ4v) is 4.53. The Labute approximate surface area is 250 Å². The number of carbonyl (C=O) groups excluding carboxylic acids is 2. The van der Waals surface area contributed by atoms with Gasteiger partial charge in [0.15, 0.2) is 5.78 Å². The molecule has 8 heteroatoms. The second kappa shape index (κ2) is 14.9. The first-order chi connectivity index (χ1) is 21.0. The molecule has 1 atom stereocenters. The van der Waals surface area contributed by atoms with Gasteiger partial charge in [0.2, 0.25) is 5.89 Å². The number of para-hydroxylation sites is 1. The van der Waals surface area contributed by atoms with E-state index in [0.29, 0.717) is 41.5 Å². The number of carboxylic acid groups (broad SMARTS) is 1. The number of anilines is 1.